The maximum Gasteiger partial charge on any atom is 0.309 e. The highest BCUT2D eigenvalue weighted by Gasteiger charge is 2.11. The summed E-state index contributed by atoms with van der Waals surface area (Å²) in [6.07, 6.45) is 4.57. The second-order valence-electron chi connectivity index (χ2n) is 3.83. The monoisotopic (exact) mass is 225 g/mol. The summed E-state index contributed by atoms with van der Waals surface area (Å²) < 4.78 is 6.63. The van der Waals surface area contributed by atoms with Gasteiger partial charge in [-0.3, -0.25) is 4.79 Å². The van der Waals surface area contributed by atoms with Crippen LogP contribution in [-0.2, 0) is 23.0 Å². The highest BCUT2D eigenvalue weighted by Crippen LogP contribution is 1.97. The van der Waals surface area contributed by atoms with Crippen molar-refractivity contribution in [2.75, 3.05) is 20.2 Å². The Labute approximate surface area is 95.8 Å². The van der Waals surface area contributed by atoms with Crippen LogP contribution in [0.25, 0.3) is 0 Å². The Balaban J connectivity index is 2.17. The smallest absolute Gasteiger partial charge is 0.309 e. The van der Waals surface area contributed by atoms with Gasteiger partial charge in [-0.25, -0.2) is 4.98 Å². The number of carbonyl (C=O) groups is 1. The summed E-state index contributed by atoms with van der Waals surface area (Å²) in [7, 11) is 3.38. The van der Waals surface area contributed by atoms with Gasteiger partial charge in [-0.15, -0.1) is 0 Å². The number of esters is 1. The molecule has 0 bridgehead atoms. The van der Waals surface area contributed by atoms with E-state index in [4.69, 9.17) is 0 Å². The third-order valence-electron chi connectivity index (χ3n) is 2.50. The molecule has 0 saturated carbocycles. The lowest BCUT2D eigenvalue weighted by Gasteiger charge is -2.10. The predicted molar refractivity (Wildman–Crippen MR) is 61.0 cm³/mol. The van der Waals surface area contributed by atoms with Crippen LogP contribution in [0.5, 0.6) is 0 Å². The largest absolute Gasteiger partial charge is 0.469 e. The Morgan fingerprint density at radius 3 is 3.00 bits per heavy atom. The molecule has 1 heterocycles. The van der Waals surface area contributed by atoms with Gasteiger partial charge < -0.3 is 14.6 Å². The van der Waals surface area contributed by atoms with E-state index in [2.05, 4.69) is 15.0 Å². The quantitative estimate of drug-likeness (QED) is 0.561. The van der Waals surface area contributed by atoms with Crippen LogP contribution >= 0.6 is 0 Å². The molecule has 0 saturated heterocycles. The minimum absolute atomic E-state index is 0.105. The fourth-order valence-electron chi connectivity index (χ4n) is 1.44. The van der Waals surface area contributed by atoms with Gasteiger partial charge in [0.15, 0.2) is 0 Å². The fourth-order valence-corrected chi connectivity index (χ4v) is 1.44. The molecule has 0 radical (unpaired) electrons. The first-order chi connectivity index (χ1) is 7.65. The van der Waals surface area contributed by atoms with Gasteiger partial charge >= 0.3 is 5.97 Å². The van der Waals surface area contributed by atoms with E-state index >= 15 is 0 Å². The molecule has 1 aromatic heterocycles. The third-order valence-corrected chi connectivity index (χ3v) is 2.50. The number of aromatic nitrogens is 2. The average Bonchev–Trinajstić information content (AvgIpc) is 2.69. The molecule has 0 aliphatic rings. The van der Waals surface area contributed by atoms with Crippen LogP contribution in [0.1, 0.15) is 12.7 Å². The zero-order valence-electron chi connectivity index (χ0n) is 10.1. The Kier molecular flexibility index (Phi) is 4.98. The zero-order valence-corrected chi connectivity index (χ0v) is 10.1. The molecule has 5 heteroatoms. The SMILES string of the molecule is COC(=O)C(C)CNCCc1nccn1C. The van der Waals surface area contributed by atoms with Crippen LogP contribution < -0.4 is 5.32 Å². The molecule has 0 aliphatic heterocycles. The summed E-state index contributed by atoms with van der Waals surface area (Å²) in [6, 6.07) is 0. The van der Waals surface area contributed by atoms with Gasteiger partial charge in [-0.05, 0) is 0 Å². The Hall–Kier alpha value is -1.36. The molecule has 16 heavy (non-hydrogen) atoms. The fraction of sp³-hybridized carbons (Fsp3) is 0.636. The molecule has 0 aliphatic carbocycles. The van der Waals surface area contributed by atoms with Crippen molar-refractivity contribution < 1.29 is 9.53 Å². The van der Waals surface area contributed by atoms with E-state index in [1.165, 1.54) is 7.11 Å². The summed E-state index contributed by atoms with van der Waals surface area (Å²) in [5.41, 5.74) is 0. The first-order valence-corrected chi connectivity index (χ1v) is 5.40. The number of aryl methyl sites for hydroxylation is 1. The van der Waals surface area contributed by atoms with Crippen LogP contribution in [-0.4, -0.2) is 35.7 Å². The van der Waals surface area contributed by atoms with E-state index in [-0.39, 0.29) is 11.9 Å². The normalized spacial score (nSPS) is 12.4. The molecular weight excluding hydrogens is 206 g/mol. The molecule has 0 spiro atoms. The molecule has 1 aromatic rings. The Bertz CT molecular complexity index is 336. The number of carbonyl (C=O) groups excluding carboxylic acids is 1. The highest BCUT2D eigenvalue weighted by atomic mass is 16.5. The Morgan fingerprint density at radius 2 is 2.44 bits per heavy atom. The van der Waals surface area contributed by atoms with E-state index in [1.807, 2.05) is 24.7 Å². The van der Waals surface area contributed by atoms with Crippen molar-refractivity contribution in [2.45, 2.75) is 13.3 Å². The van der Waals surface area contributed by atoms with Crippen LogP contribution in [0.3, 0.4) is 0 Å². The topological polar surface area (TPSA) is 56.1 Å². The van der Waals surface area contributed by atoms with Gasteiger partial charge in [0.25, 0.3) is 0 Å². The van der Waals surface area contributed by atoms with Crippen molar-refractivity contribution in [1.82, 2.24) is 14.9 Å². The molecule has 0 aromatic carbocycles. The summed E-state index contributed by atoms with van der Waals surface area (Å²) >= 11 is 0. The number of nitrogens with zero attached hydrogens (tertiary/aromatic N) is 2. The van der Waals surface area contributed by atoms with E-state index in [0.717, 1.165) is 18.8 Å². The van der Waals surface area contributed by atoms with E-state index < -0.39 is 0 Å². The van der Waals surface area contributed by atoms with Gasteiger partial charge in [0.05, 0.1) is 13.0 Å². The zero-order chi connectivity index (χ0) is 12.0. The number of imidazole rings is 1. The van der Waals surface area contributed by atoms with Gasteiger partial charge in [0.2, 0.25) is 0 Å². The van der Waals surface area contributed by atoms with Crippen molar-refractivity contribution in [3.63, 3.8) is 0 Å². The first kappa shape index (κ1) is 12.7. The van der Waals surface area contributed by atoms with Crippen LogP contribution in [0.15, 0.2) is 12.4 Å². The molecule has 1 rings (SSSR count). The van der Waals surface area contributed by atoms with Gasteiger partial charge in [-0.1, -0.05) is 6.92 Å². The van der Waals surface area contributed by atoms with Crippen molar-refractivity contribution in [3.8, 4) is 0 Å². The van der Waals surface area contributed by atoms with Gasteiger partial charge in [-0.2, -0.15) is 0 Å². The third kappa shape index (κ3) is 3.66. The van der Waals surface area contributed by atoms with Gasteiger partial charge in [0, 0.05) is 39.0 Å². The number of ether oxygens (including phenoxy) is 1. The number of nitrogens with one attached hydrogen (secondary N) is 1. The van der Waals surface area contributed by atoms with E-state index in [1.54, 1.807) is 6.20 Å². The average molecular weight is 225 g/mol. The molecule has 5 nitrogen and oxygen atoms in total. The first-order valence-electron chi connectivity index (χ1n) is 5.40. The Morgan fingerprint density at radius 1 is 1.69 bits per heavy atom. The lowest BCUT2D eigenvalue weighted by Crippen LogP contribution is -2.29. The van der Waals surface area contributed by atoms with Crippen LogP contribution in [0.4, 0.5) is 0 Å². The van der Waals surface area contributed by atoms with Gasteiger partial charge in [0.1, 0.15) is 5.82 Å². The predicted octanol–water partition coefficient (Wildman–Crippen LogP) is 0.361. The number of rotatable bonds is 6. The molecule has 1 N–H and O–H groups in total. The minimum Gasteiger partial charge on any atom is -0.469 e. The van der Waals surface area contributed by atoms with Crippen molar-refractivity contribution in [2.24, 2.45) is 13.0 Å². The summed E-state index contributed by atoms with van der Waals surface area (Å²) in [5.74, 6) is 0.758. The summed E-state index contributed by atoms with van der Waals surface area (Å²) in [4.78, 5) is 15.3. The van der Waals surface area contributed by atoms with Crippen LogP contribution in [0, 0.1) is 5.92 Å². The molecular formula is C11H19N3O2. The summed E-state index contributed by atoms with van der Waals surface area (Å²) in [5, 5.41) is 3.21. The van der Waals surface area contributed by atoms with Crippen molar-refractivity contribution in [1.29, 1.82) is 0 Å². The maximum atomic E-state index is 11.1. The maximum absolute atomic E-state index is 11.1. The molecule has 0 fully saturated rings. The number of hydrogen-bond acceptors (Lipinski definition) is 4. The second-order valence-corrected chi connectivity index (χ2v) is 3.83. The standard InChI is InChI=1S/C11H19N3O2/c1-9(11(15)16-3)8-12-5-4-10-13-6-7-14(10)2/h6-7,9,12H,4-5,8H2,1-3H3. The molecule has 1 atom stereocenters. The van der Waals surface area contributed by atoms with Crippen molar-refractivity contribution >= 4 is 5.97 Å². The second kappa shape index (κ2) is 6.27. The van der Waals surface area contributed by atoms with E-state index in [9.17, 15) is 4.79 Å². The summed E-state index contributed by atoms with van der Waals surface area (Å²) in [6.45, 7) is 3.29. The molecule has 0 amide bonds. The molecule has 1 unspecified atom stereocenters. The van der Waals surface area contributed by atoms with E-state index in [0.29, 0.717) is 6.54 Å². The number of hydrogen-bond donors (Lipinski definition) is 1. The van der Waals surface area contributed by atoms with Crippen molar-refractivity contribution in [3.05, 3.63) is 18.2 Å². The van der Waals surface area contributed by atoms with Crippen LogP contribution in [0.2, 0.25) is 0 Å². The minimum atomic E-state index is -0.176. The number of methoxy groups -OCH3 is 1. The lowest BCUT2D eigenvalue weighted by molar-refractivity contribution is -0.144. The molecule has 90 valence electrons. The lowest BCUT2D eigenvalue weighted by atomic mass is 10.2. The highest BCUT2D eigenvalue weighted by molar-refractivity contribution is 5.71.